The Balaban J connectivity index is 0.955. The van der Waals surface area contributed by atoms with E-state index in [0.717, 1.165) is 59.1 Å². The normalized spacial score (nSPS) is 16.7. The summed E-state index contributed by atoms with van der Waals surface area (Å²) in [5.74, 6) is 0.0177. The lowest BCUT2D eigenvalue weighted by molar-refractivity contribution is 0.693. The molecular weight excluding hydrogens is 1090 g/mol. The summed E-state index contributed by atoms with van der Waals surface area (Å²) in [5.41, 5.74) is 26.7. The fourth-order valence-electron chi connectivity index (χ4n) is 15.8. The first-order valence-corrected chi connectivity index (χ1v) is 31.7. The third-order valence-corrected chi connectivity index (χ3v) is 19.4. The van der Waals surface area contributed by atoms with Crippen molar-refractivity contribution < 1.29 is 0 Å². The van der Waals surface area contributed by atoms with Crippen LogP contribution in [0.15, 0.2) is 346 Å². The quantitative estimate of drug-likeness (QED) is 0.101. The van der Waals surface area contributed by atoms with Gasteiger partial charge in [0.05, 0.1) is 16.3 Å². The fraction of sp³-hybridized carbons (Fsp3) is 0.0805. The Hall–Kier alpha value is -11.0. The predicted molar refractivity (Wildman–Crippen MR) is 377 cm³/mol. The van der Waals surface area contributed by atoms with Crippen LogP contribution in [0.2, 0.25) is 0 Å². The Morgan fingerprint density at radius 3 is 1.69 bits per heavy atom. The van der Waals surface area contributed by atoms with E-state index in [2.05, 4.69) is 356 Å². The van der Waals surface area contributed by atoms with Crippen LogP contribution in [0.4, 0.5) is 28.4 Å². The monoisotopic (exact) mass is 1150 g/mol. The van der Waals surface area contributed by atoms with Crippen LogP contribution < -0.4 is 9.80 Å². The van der Waals surface area contributed by atoms with E-state index in [0.29, 0.717) is 0 Å². The molecule has 1 heterocycles. The lowest BCUT2D eigenvalue weighted by Gasteiger charge is -2.37. The number of nitrogens with zero attached hydrogens (tertiary/aromatic N) is 3. The minimum absolute atomic E-state index is 0.0177. The van der Waals surface area contributed by atoms with Crippen LogP contribution in [0, 0.1) is 0 Å². The van der Waals surface area contributed by atoms with Crippen molar-refractivity contribution in [3.63, 3.8) is 0 Å². The molecule has 0 fully saturated rings. The maximum absolute atomic E-state index is 4.37. The highest BCUT2D eigenvalue weighted by Crippen LogP contribution is 2.60. The second kappa shape index (κ2) is 22.6. The molecule has 3 nitrogen and oxygen atoms in total. The molecule has 3 heteroatoms. The molecule has 0 aliphatic heterocycles. The van der Waals surface area contributed by atoms with Gasteiger partial charge in [0, 0.05) is 56.8 Å². The van der Waals surface area contributed by atoms with Gasteiger partial charge in [-0.1, -0.05) is 255 Å². The number of anilines is 5. The van der Waals surface area contributed by atoms with Crippen molar-refractivity contribution >= 4 is 45.4 Å². The highest BCUT2D eigenvalue weighted by Gasteiger charge is 2.49. The van der Waals surface area contributed by atoms with Crippen LogP contribution in [0.25, 0.3) is 44.9 Å². The Morgan fingerprint density at radius 1 is 0.500 bits per heavy atom. The van der Waals surface area contributed by atoms with E-state index < -0.39 is 10.8 Å². The molecule has 0 amide bonds. The van der Waals surface area contributed by atoms with Crippen molar-refractivity contribution in [1.82, 2.24) is 4.57 Å². The van der Waals surface area contributed by atoms with Crippen molar-refractivity contribution in [3.8, 4) is 27.9 Å². The molecular formula is C87H67N3. The van der Waals surface area contributed by atoms with Gasteiger partial charge in [-0.15, -0.1) is 0 Å². The van der Waals surface area contributed by atoms with Crippen molar-refractivity contribution in [1.29, 1.82) is 0 Å². The van der Waals surface area contributed by atoms with Crippen molar-refractivity contribution in [2.24, 2.45) is 0 Å². The highest BCUT2D eigenvalue weighted by molar-refractivity contribution is 5.94. The predicted octanol–water partition coefficient (Wildman–Crippen LogP) is 22.2. The van der Waals surface area contributed by atoms with E-state index in [1.165, 1.54) is 94.5 Å². The fourth-order valence-corrected chi connectivity index (χ4v) is 15.8. The molecule has 0 radical (unpaired) electrons. The summed E-state index contributed by atoms with van der Waals surface area (Å²) in [4.78, 5) is 4.99. The molecule has 0 saturated heterocycles. The van der Waals surface area contributed by atoms with E-state index in [-0.39, 0.29) is 5.92 Å². The zero-order chi connectivity index (χ0) is 60.2. The number of benzene rings is 11. The number of para-hydroxylation sites is 3. The van der Waals surface area contributed by atoms with Gasteiger partial charge in [-0.25, -0.2) is 0 Å². The molecule has 12 aromatic rings. The lowest BCUT2D eigenvalue weighted by Crippen LogP contribution is -2.30. The minimum atomic E-state index is -0.605. The second-order valence-electron chi connectivity index (χ2n) is 24.1. The Kier molecular flexibility index (Phi) is 13.7. The van der Waals surface area contributed by atoms with Crippen molar-refractivity contribution in [3.05, 3.63) is 401 Å². The maximum atomic E-state index is 4.37. The largest absolute Gasteiger partial charge is 0.310 e. The third kappa shape index (κ3) is 8.63. The zero-order valence-electron chi connectivity index (χ0n) is 50.5. The Bertz CT molecular complexity index is 4850. The molecule has 4 aliphatic rings. The molecule has 16 rings (SSSR count). The summed E-state index contributed by atoms with van der Waals surface area (Å²) >= 11 is 0. The number of rotatable bonds is 14. The zero-order valence-corrected chi connectivity index (χ0v) is 50.5. The maximum Gasteiger partial charge on any atom is 0.0714 e. The molecule has 430 valence electrons. The van der Waals surface area contributed by atoms with Gasteiger partial charge in [-0.05, 0) is 190 Å². The molecule has 2 atom stereocenters. The van der Waals surface area contributed by atoms with Gasteiger partial charge in [0.15, 0.2) is 0 Å². The summed E-state index contributed by atoms with van der Waals surface area (Å²) < 4.78 is 2.44. The van der Waals surface area contributed by atoms with Crippen LogP contribution >= 0.6 is 0 Å². The molecule has 1 aromatic heterocycles. The van der Waals surface area contributed by atoms with E-state index in [9.17, 15) is 0 Å². The van der Waals surface area contributed by atoms with Gasteiger partial charge < -0.3 is 14.4 Å². The van der Waals surface area contributed by atoms with Gasteiger partial charge in [0.1, 0.15) is 0 Å². The molecule has 0 bridgehead atoms. The van der Waals surface area contributed by atoms with Crippen LogP contribution in [0.5, 0.6) is 0 Å². The van der Waals surface area contributed by atoms with Gasteiger partial charge in [-0.3, -0.25) is 0 Å². The first-order chi connectivity index (χ1) is 44.6. The molecule has 2 unspecified atom stereocenters. The van der Waals surface area contributed by atoms with E-state index >= 15 is 0 Å². The first-order valence-electron chi connectivity index (χ1n) is 31.7. The summed E-state index contributed by atoms with van der Waals surface area (Å²) in [5, 5.41) is 1.28. The average Bonchev–Trinajstić information content (AvgIpc) is 1.54. The lowest BCUT2D eigenvalue weighted by atomic mass is 9.65. The van der Waals surface area contributed by atoms with Gasteiger partial charge in [-0.2, -0.15) is 0 Å². The van der Waals surface area contributed by atoms with E-state index in [1.807, 2.05) is 6.08 Å². The highest BCUT2D eigenvalue weighted by atomic mass is 15.2. The van der Waals surface area contributed by atoms with Crippen LogP contribution in [-0.4, -0.2) is 4.57 Å². The number of aromatic nitrogens is 1. The molecule has 0 spiro atoms. The summed E-state index contributed by atoms with van der Waals surface area (Å²) in [6.07, 6.45) is 23.1. The molecule has 90 heavy (non-hydrogen) atoms. The Labute approximate surface area is 528 Å². The summed E-state index contributed by atoms with van der Waals surface area (Å²) in [6, 6.07) is 104. The minimum Gasteiger partial charge on any atom is -0.310 e. The third-order valence-electron chi connectivity index (χ3n) is 19.4. The number of fused-ring (bicyclic) bond motifs is 9. The van der Waals surface area contributed by atoms with E-state index in [1.54, 1.807) is 0 Å². The van der Waals surface area contributed by atoms with Crippen LogP contribution in [0.1, 0.15) is 81.4 Å². The number of allylic oxidation sites excluding steroid dienone is 9. The molecule has 11 aromatic carbocycles. The summed E-state index contributed by atoms with van der Waals surface area (Å²) in [6.45, 7) is 6.48. The van der Waals surface area contributed by atoms with Crippen LogP contribution in [0.3, 0.4) is 0 Å². The first kappa shape index (κ1) is 54.4. The number of hydrogen-bond acceptors (Lipinski definition) is 2. The summed E-state index contributed by atoms with van der Waals surface area (Å²) in [7, 11) is 0. The second-order valence-corrected chi connectivity index (χ2v) is 24.1. The van der Waals surface area contributed by atoms with Gasteiger partial charge in [0.25, 0.3) is 0 Å². The van der Waals surface area contributed by atoms with E-state index in [4.69, 9.17) is 0 Å². The van der Waals surface area contributed by atoms with Crippen LogP contribution in [-0.2, 0) is 17.3 Å². The van der Waals surface area contributed by atoms with Gasteiger partial charge in [0.2, 0.25) is 0 Å². The molecule has 0 saturated carbocycles. The SMILES string of the molecule is C=C/C=C(\C=C/C)N(c1cc(C2C=Cc3c(c4ccccc4n3-c3ccccc3)C2)cc(N(c2ccccc2)c2ccc3c(c2)C(C2=CC=CCC2)(c2ccccc2)c2ccccc2-3)c1)c1ccc2c(c1)C(c1ccccc1)(c1ccccc1)c1ccccc1-2. The smallest absolute Gasteiger partial charge is 0.0714 e. The van der Waals surface area contributed by atoms with Crippen molar-refractivity contribution in [2.75, 3.05) is 9.80 Å². The number of hydrogen-bond donors (Lipinski definition) is 0. The average molecular weight is 1150 g/mol. The van der Waals surface area contributed by atoms with Crippen molar-refractivity contribution in [2.45, 2.75) is 42.9 Å². The van der Waals surface area contributed by atoms with Gasteiger partial charge >= 0.3 is 0 Å². The molecule has 0 N–H and O–H groups in total. The Morgan fingerprint density at radius 2 is 1.04 bits per heavy atom. The topological polar surface area (TPSA) is 11.4 Å². The molecule has 4 aliphatic carbocycles. The standard InChI is InChI=1S/C87H67N3/c1-3-29-67(30-4-2)88(70-50-52-76-74-43-23-26-46-80(74)86(82(76)59-70,63-31-11-5-12-32-63)64-33-13-6-14-34-64)72-55-62(61-49-54-85-79(57-61)78-45-25-28-48-84(78)90(85)69-41-21-10-22-42-69)56-73(58-72)89(68-39-19-9-20-40-68)71-51-53-77-75-44-24-27-47-81(75)87(83(77)60-71,65-35-15-7-16-36-65)66-37-17-8-18-38-66/h3-17,19-37,39-56,58-61H,1,18,38,57H2,2H3/b30-4-,67-29+.